The van der Waals surface area contributed by atoms with E-state index in [0.29, 0.717) is 18.5 Å². The van der Waals surface area contributed by atoms with Crippen molar-refractivity contribution in [2.75, 3.05) is 5.32 Å². The molecule has 1 aliphatic rings. The highest BCUT2D eigenvalue weighted by atomic mass is 19.4. The summed E-state index contributed by atoms with van der Waals surface area (Å²) < 4.78 is 44.0. The molecule has 2 atom stereocenters. The van der Waals surface area contributed by atoms with Crippen molar-refractivity contribution in [3.8, 4) is 5.75 Å². The molecule has 0 spiro atoms. The van der Waals surface area contributed by atoms with Crippen molar-refractivity contribution in [1.29, 1.82) is 0 Å². The summed E-state index contributed by atoms with van der Waals surface area (Å²) in [7, 11) is 0. The van der Waals surface area contributed by atoms with Crippen molar-refractivity contribution in [2.24, 2.45) is 5.73 Å². The second-order valence-electron chi connectivity index (χ2n) is 5.02. The van der Waals surface area contributed by atoms with Crippen molar-refractivity contribution in [3.05, 3.63) is 23.8 Å². The van der Waals surface area contributed by atoms with Gasteiger partial charge in [0, 0.05) is 12.1 Å². The van der Waals surface area contributed by atoms with E-state index in [-0.39, 0.29) is 18.1 Å². The van der Waals surface area contributed by atoms with Crippen LogP contribution in [0.4, 0.5) is 18.9 Å². The SMILES string of the molecule is CCC(N)C(Oc1ccc2c(c1)CCC(=O)N2)C(F)(F)F. The molecule has 1 heterocycles. The molecule has 0 aromatic heterocycles. The Labute approximate surface area is 120 Å². The van der Waals surface area contributed by atoms with E-state index in [4.69, 9.17) is 10.5 Å². The number of carbonyl (C=O) groups is 1. The number of benzene rings is 1. The summed E-state index contributed by atoms with van der Waals surface area (Å²) in [6.45, 7) is 1.58. The number of hydrogen-bond acceptors (Lipinski definition) is 3. The second-order valence-corrected chi connectivity index (χ2v) is 5.02. The van der Waals surface area contributed by atoms with Gasteiger partial charge in [0.1, 0.15) is 5.75 Å². The summed E-state index contributed by atoms with van der Waals surface area (Å²) in [6.07, 6.45) is -5.62. The van der Waals surface area contributed by atoms with E-state index in [1.54, 1.807) is 13.0 Å². The predicted molar refractivity (Wildman–Crippen MR) is 72.1 cm³/mol. The zero-order chi connectivity index (χ0) is 15.6. The number of aryl methyl sites for hydroxylation is 1. The summed E-state index contributed by atoms with van der Waals surface area (Å²) in [5.74, 6) is 0.00784. The fourth-order valence-corrected chi connectivity index (χ4v) is 2.19. The largest absolute Gasteiger partial charge is 0.479 e. The molecule has 1 amide bonds. The molecule has 1 aliphatic heterocycles. The number of carbonyl (C=O) groups excluding carboxylic acids is 1. The Balaban J connectivity index is 2.20. The number of alkyl halides is 3. The van der Waals surface area contributed by atoms with Crippen molar-refractivity contribution >= 4 is 11.6 Å². The van der Waals surface area contributed by atoms with Crippen LogP contribution in [0.1, 0.15) is 25.3 Å². The van der Waals surface area contributed by atoms with Gasteiger partial charge in [-0.2, -0.15) is 13.2 Å². The van der Waals surface area contributed by atoms with Gasteiger partial charge in [-0.3, -0.25) is 4.79 Å². The van der Waals surface area contributed by atoms with Crippen LogP contribution in [0, 0.1) is 0 Å². The van der Waals surface area contributed by atoms with E-state index < -0.39 is 18.3 Å². The van der Waals surface area contributed by atoms with Crippen molar-refractivity contribution in [2.45, 2.75) is 44.5 Å². The molecule has 0 fully saturated rings. The van der Waals surface area contributed by atoms with Crippen LogP contribution in [0.3, 0.4) is 0 Å². The predicted octanol–water partition coefficient (Wildman–Crippen LogP) is 2.62. The maximum atomic E-state index is 13.0. The average molecular weight is 302 g/mol. The van der Waals surface area contributed by atoms with Crippen molar-refractivity contribution < 1.29 is 22.7 Å². The number of hydrogen-bond donors (Lipinski definition) is 2. The highest BCUT2D eigenvalue weighted by Gasteiger charge is 2.45. The normalized spacial score (nSPS) is 17.7. The zero-order valence-electron chi connectivity index (χ0n) is 11.5. The third kappa shape index (κ3) is 3.66. The van der Waals surface area contributed by atoms with Crippen molar-refractivity contribution in [3.63, 3.8) is 0 Å². The molecule has 0 radical (unpaired) electrons. The number of anilines is 1. The molecule has 4 nitrogen and oxygen atoms in total. The minimum absolute atomic E-state index is 0.0997. The van der Waals surface area contributed by atoms with Gasteiger partial charge in [-0.25, -0.2) is 0 Å². The van der Waals surface area contributed by atoms with Crippen LogP contribution in [-0.4, -0.2) is 24.2 Å². The summed E-state index contributed by atoms with van der Waals surface area (Å²) >= 11 is 0. The summed E-state index contributed by atoms with van der Waals surface area (Å²) in [4.78, 5) is 11.2. The Morgan fingerprint density at radius 2 is 2.10 bits per heavy atom. The minimum Gasteiger partial charge on any atom is -0.479 e. The molecule has 0 aliphatic carbocycles. The first-order valence-electron chi connectivity index (χ1n) is 6.73. The Morgan fingerprint density at radius 3 is 2.71 bits per heavy atom. The van der Waals surface area contributed by atoms with E-state index in [1.807, 2.05) is 0 Å². The molecule has 2 rings (SSSR count). The topological polar surface area (TPSA) is 64.3 Å². The van der Waals surface area contributed by atoms with Crippen molar-refractivity contribution in [1.82, 2.24) is 0 Å². The maximum Gasteiger partial charge on any atom is 0.426 e. The van der Waals surface area contributed by atoms with Gasteiger partial charge in [0.15, 0.2) is 0 Å². The molecule has 0 bridgehead atoms. The molecule has 116 valence electrons. The molecule has 0 saturated heterocycles. The minimum atomic E-state index is -4.53. The molecule has 0 saturated carbocycles. The second kappa shape index (κ2) is 5.93. The third-order valence-electron chi connectivity index (χ3n) is 3.42. The van der Waals surface area contributed by atoms with Crippen LogP contribution in [0.5, 0.6) is 5.75 Å². The molecular formula is C14H17F3N2O2. The Hall–Kier alpha value is -1.76. The van der Waals surface area contributed by atoms with Crippen LogP contribution in [-0.2, 0) is 11.2 Å². The fraction of sp³-hybridized carbons (Fsp3) is 0.500. The van der Waals surface area contributed by atoms with Crippen LogP contribution in [0.15, 0.2) is 18.2 Å². The van der Waals surface area contributed by atoms with Gasteiger partial charge in [0.25, 0.3) is 0 Å². The smallest absolute Gasteiger partial charge is 0.426 e. The number of ether oxygens (including phenoxy) is 1. The Morgan fingerprint density at radius 1 is 1.38 bits per heavy atom. The number of nitrogens with one attached hydrogen (secondary N) is 1. The highest BCUT2D eigenvalue weighted by molar-refractivity contribution is 5.93. The Bertz CT molecular complexity index is 531. The van der Waals surface area contributed by atoms with Crippen LogP contribution >= 0.6 is 0 Å². The van der Waals surface area contributed by atoms with Gasteiger partial charge >= 0.3 is 6.18 Å². The quantitative estimate of drug-likeness (QED) is 0.898. The van der Waals surface area contributed by atoms with E-state index in [9.17, 15) is 18.0 Å². The van der Waals surface area contributed by atoms with Gasteiger partial charge in [0.2, 0.25) is 12.0 Å². The molecule has 1 aromatic rings. The van der Waals surface area contributed by atoms with Gasteiger partial charge in [-0.05, 0) is 36.6 Å². The van der Waals surface area contributed by atoms with Crippen LogP contribution in [0.2, 0.25) is 0 Å². The Kier molecular flexibility index (Phi) is 4.41. The van der Waals surface area contributed by atoms with E-state index in [1.165, 1.54) is 12.1 Å². The van der Waals surface area contributed by atoms with Crippen LogP contribution < -0.4 is 15.8 Å². The molecule has 3 N–H and O–H groups in total. The summed E-state index contributed by atoms with van der Waals surface area (Å²) in [5, 5.41) is 2.66. The third-order valence-corrected chi connectivity index (χ3v) is 3.42. The van der Waals surface area contributed by atoms with E-state index in [0.717, 1.165) is 5.56 Å². The van der Waals surface area contributed by atoms with E-state index in [2.05, 4.69) is 5.32 Å². The highest BCUT2D eigenvalue weighted by Crippen LogP contribution is 2.31. The summed E-state index contributed by atoms with van der Waals surface area (Å²) in [5.41, 5.74) is 6.88. The lowest BCUT2D eigenvalue weighted by molar-refractivity contribution is -0.200. The molecule has 2 unspecified atom stereocenters. The molecule has 7 heteroatoms. The first kappa shape index (κ1) is 15.6. The number of halogens is 3. The van der Waals surface area contributed by atoms with Gasteiger partial charge in [-0.1, -0.05) is 6.92 Å². The zero-order valence-corrected chi connectivity index (χ0v) is 11.5. The molecule has 1 aromatic carbocycles. The maximum absolute atomic E-state index is 13.0. The number of rotatable bonds is 4. The van der Waals surface area contributed by atoms with Crippen LogP contribution in [0.25, 0.3) is 0 Å². The lowest BCUT2D eigenvalue weighted by Gasteiger charge is -2.27. The fourth-order valence-electron chi connectivity index (χ4n) is 2.19. The monoisotopic (exact) mass is 302 g/mol. The molecular weight excluding hydrogens is 285 g/mol. The molecule has 21 heavy (non-hydrogen) atoms. The van der Waals surface area contributed by atoms with Gasteiger partial charge in [-0.15, -0.1) is 0 Å². The summed E-state index contributed by atoms with van der Waals surface area (Å²) in [6, 6.07) is 3.36. The average Bonchev–Trinajstić information content (AvgIpc) is 2.42. The lowest BCUT2D eigenvalue weighted by atomic mass is 10.0. The number of amides is 1. The number of nitrogens with two attached hydrogens (primary N) is 1. The first-order valence-corrected chi connectivity index (χ1v) is 6.73. The lowest BCUT2D eigenvalue weighted by Crippen LogP contribution is -2.48. The van der Waals surface area contributed by atoms with Gasteiger partial charge < -0.3 is 15.8 Å². The van der Waals surface area contributed by atoms with E-state index >= 15 is 0 Å². The number of fused-ring (bicyclic) bond motifs is 1. The van der Waals surface area contributed by atoms with Gasteiger partial charge in [0.05, 0.1) is 6.04 Å². The first-order chi connectivity index (χ1) is 9.81. The standard InChI is InChI=1S/C14H17F3N2O2/c1-2-10(18)13(14(15,16)17)21-9-4-5-11-8(7-9)3-6-12(20)19-11/h4-5,7,10,13H,2-3,6,18H2,1H3,(H,19,20).